The van der Waals surface area contributed by atoms with Crippen LogP contribution in [-0.2, 0) is 4.79 Å². The Kier molecular flexibility index (Phi) is 6.67. The summed E-state index contributed by atoms with van der Waals surface area (Å²) < 4.78 is 8.22. The number of ether oxygens (including phenoxy) is 1. The average Bonchev–Trinajstić information content (AvgIpc) is 3.44. The lowest BCUT2D eigenvalue weighted by molar-refractivity contribution is -0.120. The molecule has 0 saturated heterocycles. The van der Waals surface area contributed by atoms with Crippen LogP contribution in [-0.4, -0.2) is 29.1 Å². The number of rotatable bonds is 9. The van der Waals surface area contributed by atoms with Gasteiger partial charge < -0.3 is 10.1 Å². The maximum Gasteiger partial charge on any atom is 0.219 e. The van der Waals surface area contributed by atoms with E-state index in [0.29, 0.717) is 13.0 Å². The van der Waals surface area contributed by atoms with Crippen LogP contribution in [0.2, 0.25) is 0 Å². The minimum atomic E-state index is 0.0946. The molecule has 0 saturated carbocycles. The molecule has 31 heavy (non-hydrogen) atoms. The molecule has 0 aliphatic carbocycles. The van der Waals surface area contributed by atoms with E-state index in [2.05, 4.69) is 64.0 Å². The highest BCUT2D eigenvalue weighted by Gasteiger charge is 2.15. The van der Waals surface area contributed by atoms with Crippen molar-refractivity contribution in [2.45, 2.75) is 32.6 Å². The van der Waals surface area contributed by atoms with Gasteiger partial charge in [-0.3, -0.25) is 9.36 Å². The van der Waals surface area contributed by atoms with Gasteiger partial charge in [-0.15, -0.1) is 0 Å². The number of imidazole rings is 1. The average molecular weight is 434 g/mol. The molecule has 2 aromatic heterocycles. The van der Waals surface area contributed by atoms with Crippen molar-refractivity contribution in [3.63, 3.8) is 0 Å². The highest BCUT2D eigenvalue weighted by atomic mass is 32.1. The van der Waals surface area contributed by atoms with Crippen molar-refractivity contribution in [1.29, 1.82) is 0 Å². The molecule has 0 atom stereocenters. The van der Waals surface area contributed by atoms with Crippen LogP contribution in [0.15, 0.2) is 59.3 Å². The zero-order chi connectivity index (χ0) is 21.6. The van der Waals surface area contributed by atoms with Crippen molar-refractivity contribution in [3.05, 3.63) is 64.9 Å². The van der Waals surface area contributed by atoms with Crippen molar-refractivity contribution in [1.82, 2.24) is 14.9 Å². The van der Waals surface area contributed by atoms with E-state index in [1.54, 1.807) is 18.4 Å². The molecule has 2 heterocycles. The van der Waals surface area contributed by atoms with Crippen molar-refractivity contribution in [2.75, 3.05) is 13.7 Å². The van der Waals surface area contributed by atoms with Gasteiger partial charge in [-0.25, -0.2) is 4.98 Å². The van der Waals surface area contributed by atoms with Crippen molar-refractivity contribution in [3.8, 4) is 22.8 Å². The van der Waals surface area contributed by atoms with Gasteiger partial charge in [-0.05, 0) is 61.9 Å². The van der Waals surface area contributed by atoms with Gasteiger partial charge in [0, 0.05) is 36.2 Å². The summed E-state index contributed by atoms with van der Waals surface area (Å²) >= 11 is 1.67. The molecule has 0 spiro atoms. The second-order valence-corrected chi connectivity index (χ2v) is 8.38. The minimum absolute atomic E-state index is 0.0946. The first-order valence-corrected chi connectivity index (χ1v) is 11.6. The Labute approximate surface area is 186 Å². The number of unbranched alkanes of at least 4 members (excludes halogenated alkanes) is 2. The lowest BCUT2D eigenvalue weighted by atomic mass is 10.2. The summed E-state index contributed by atoms with van der Waals surface area (Å²) in [5, 5.41) is 6.86. The Hall–Kier alpha value is -3.12. The number of nitrogens with zero attached hydrogens (tertiary/aromatic N) is 2. The summed E-state index contributed by atoms with van der Waals surface area (Å²) in [6.45, 7) is 2.73. The first-order chi connectivity index (χ1) is 15.2. The number of carbonyl (C=O) groups excluding carboxylic acids is 1. The monoisotopic (exact) mass is 433 g/mol. The maximum atomic E-state index is 11.3. The first-order valence-electron chi connectivity index (χ1n) is 10.6. The number of amides is 1. The Morgan fingerprint density at radius 2 is 1.94 bits per heavy atom. The quantitative estimate of drug-likeness (QED) is 0.342. The lowest BCUT2D eigenvalue weighted by Gasteiger charge is -2.10. The summed E-state index contributed by atoms with van der Waals surface area (Å²) in [7, 11) is 1.67. The van der Waals surface area contributed by atoms with Crippen LogP contribution in [0.25, 0.3) is 28.1 Å². The smallest absolute Gasteiger partial charge is 0.219 e. The number of nitrogens with one attached hydrogen (secondary N) is 1. The van der Waals surface area contributed by atoms with E-state index >= 15 is 0 Å². The van der Waals surface area contributed by atoms with E-state index in [-0.39, 0.29) is 5.91 Å². The predicted molar refractivity (Wildman–Crippen MR) is 127 cm³/mol. The topological polar surface area (TPSA) is 56.1 Å². The number of benzene rings is 2. The molecule has 0 radical (unpaired) electrons. The van der Waals surface area contributed by atoms with Gasteiger partial charge in [0.1, 0.15) is 11.6 Å². The Morgan fingerprint density at radius 1 is 1.10 bits per heavy atom. The van der Waals surface area contributed by atoms with Gasteiger partial charge in [0.05, 0.1) is 17.6 Å². The zero-order valence-corrected chi connectivity index (χ0v) is 18.7. The van der Waals surface area contributed by atoms with E-state index in [4.69, 9.17) is 9.72 Å². The maximum absolute atomic E-state index is 11.3. The number of fused-ring (bicyclic) bond motifs is 1. The Morgan fingerprint density at radius 3 is 2.68 bits per heavy atom. The molecule has 160 valence electrons. The SMILES string of the molecule is CNC(=O)CCCCCOc1ccc2nc(-c3ccsc3)n(-c3ccc(C)cc3)c2c1. The fraction of sp³-hybridized carbons (Fsp3) is 0.280. The highest BCUT2D eigenvalue weighted by Crippen LogP contribution is 2.32. The van der Waals surface area contributed by atoms with Crippen LogP contribution < -0.4 is 10.1 Å². The normalized spacial score (nSPS) is 11.0. The molecule has 0 bridgehead atoms. The third kappa shape index (κ3) is 4.97. The molecule has 2 aromatic carbocycles. The number of thiophene rings is 1. The third-order valence-corrected chi connectivity index (χ3v) is 5.98. The minimum Gasteiger partial charge on any atom is -0.494 e. The highest BCUT2D eigenvalue weighted by molar-refractivity contribution is 7.08. The number of aryl methyl sites for hydroxylation is 1. The summed E-state index contributed by atoms with van der Waals surface area (Å²) in [5.41, 5.74) is 5.40. The van der Waals surface area contributed by atoms with Crippen LogP contribution in [0.4, 0.5) is 0 Å². The largest absolute Gasteiger partial charge is 0.494 e. The van der Waals surface area contributed by atoms with Gasteiger partial charge in [-0.1, -0.05) is 17.7 Å². The van der Waals surface area contributed by atoms with Crippen LogP contribution in [0.3, 0.4) is 0 Å². The second-order valence-electron chi connectivity index (χ2n) is 7.60. The van der Waals surface area contributed by atoms with Crippen LogP contribution in [0.5, 0.6) is 5.75 Å². The molecule has 0 aliphatic rings. The van der Waals surface area contributed by atoms with Gasteiger partial charge in [0.2, 0.25) is 5.91 Å². The van der Waals surface area contributed by atoms with Crippen molar-refractivity contribution < 1.29 is 9.53 Å². The summed E-state index contributed by atoms with van der Waals surface area (Å²) in [4.78, 5) is 16.2. The van der Waals surface area contributed by atoms with E-state index in [9.17, 15) is 4.79 Å². The molecule has 6 heteroatoms. The summed E-state index contributed by atoms with van der Waals surface area (Å²) in [6.07, 6.45) is 3.35. The number of carbonyl (C=O) groups is 1. The molecule has 1 N–H and O–H groups in total. The molecular weight excluding hydrogens is 406 g/mol. The molecule has 0 aliphatic heterocycles. The first kappa shape index (κ1) is 21.1. The van der Waals surface area contributed by atoms with Gasteiger partial charge >= 0.3 is 0 Å². The van der Waals surface area contributed by atoms with Gasteiger partial charge in [-0.2, -0.15) is 11.3 Å². The second kappa shape index (κ2) is 9.79. The van der Waals surface area contributed by atoms with E-state index < -0.39 is 0 Å². The van der Waals surface area contributed by atoms with Crippen molar-refractivity contribution >= 4 is 28.3 Å². The Balaban J connectivity index is 1.56. The molecule has 5 nitrogen and oxygen atoms in total. The van der Waals surface area contributed by atoms with Crippen molar-refractivity contribution in [2.24, 2.45) is 0 Å². The number of hydrogen-bond donors (Lipinski definition) is 1. The lowest BCUT2D eigenvalue weighted by Crippen LogP contribution is -2.16. The zero-order valence-electron chi connectivity index (χ0n) is 17.9. The molecule has 0 fully saturated rings. The van der Waals surface area contributed by atoms with E-state index in [1.165, 1.54) is 5.56 Å². The molecule has 4 aromatic rings. The predicted octanol–water partition coefficient (Wildman–Crippen LogP) is 5.75. The van der Waals surface area contributed by atoms with Gasteiger partial charge in [0.15, 0.2) is 0 Å². The van der Waals surface area contributed by atoms with E-state index in [1.807, 2.05) is 12.1 Å². The third-order valence-electron chi connectivity index (χ3n) is 5.29. The molecule has 0 unspecified atom stereocenters. The van der Waals surface area contributed by atoms with Crippen LogP contribution in [0.1, 0.15) is 31.2 Å². The fourth-order valence-corrected chi connectivity index (χ4v) is 4.20. The molecular formula is C25H27N3O2S. The number of hydrogen-bond acceptors (Lipinski definition) is 4. The standard InChI is InChI=1S/C25H27N3O2S/c1-18-7-9-20(10-8-18)28-23-16-21(30-14-5-3-4-6-24(29)26-2)11-12-22(23)27-25(28)19-13-15-31-17-19/h7-13,15-17H,3-6,14H2,1-2H3,(H,26,29). The van der Waals surface area contributed by atoms with Gasteiger partial charge in [0.25, 0.3) is 0 Å². The molecule has 4 rings (SSSR count). The Bertz CT molecular complexity index is 1150. The van der Waals surface area contributed by atoms with Crippen LogP contribution in [0, 0.1) is 6.92 Å². The number of aromatic nitrogens is 2. The summed E-state index contributed by atoms with van der Waals surface area (Å²) in [5.74, 6) is 1.87. The van der Waals surface area contributed by atoms with E-state index in [0.717, 1.165) is 53.1 Å². The molecule has 1 amide bonds. The van der Waals surface area contributed by atoms with Crippen LogP contribution >= 0.6 is 11.3 Å². The summed E-state index contributed by atoms with van der Waals surface area (Å²) in [6, 6.07) is 16.7. The fourth-order valence-electron chi connectivity index (χ4n) is 3.56.